The number of nitrogens with zero attached hydrogens (tertiary/aromatic N) is 1. The van der Waals surface area contributed by atoms with Crippen LogP contribution in [0.2, 0.25) is 0 Å². The molecule has 0 heterocycles. The van der Waals surface area contributed by atoms with E-state index in [-0.39, 0.29) is 11.6 Å². The molecule has 5 heteroatoms. The van der Waals surface area contributed by atoms with Gasteiger partial charge in [0.25, 0.3) is 0 Å². The lowest BCUT2D eigenvalue weighted by Gasteiger charge is -2.02. The zero-order valence-corrected chi connectivity index (χ0v) is 13.1. The predicted molar refractivity (Wildman–Crippen MR) is 89.1 cm³/mol. The van der Waals surface area contributed by atoms with E-state index in [1.807, 2.05) is 0 Å². The smallest absolute Gasteiger partial charge is 0.338 e. The highest BCUT2D eigenvalue weighted by molar-refractivity contribution is 6.33. The van der Waals surface area contributed by atoms with Crippen LogP contribution in [0.4, 0.5) is 5.69 Å². The zero-order valence-electron chi connectivity index (χ0n) is 13.1. The Kier molecular flexibility index (Phi) is 4.33. The lowest BCUT2D eigenvalue weighted by atomic mass is 10.1. The molecule has 2 aromatic rings. The molecule has 3 rings (SSSR count). The van der Waals surface area contributed by atoms with Crippen molar-refractivity contribution in [3.63, 3.8) is 0 Å². The molecule has 0 atom stereocenters. The van der Waals surface area contributed by atoms with Crippen LogP contribution in [0.5, 0.6) is 0 Å². The molecule has 0 radical (unpaired) electrons. The zero-order chi connectivity index (χ0) is 17.1. The summed E-state index contributed by atoms with van der Waals surface area (Å²) in [4.78, 5) is 40.3. The molecule has 0 aliphatic heterocycles. The molecule has 1 aliphatic carbocycles. The van der Waals surface area contributed by atoms with Crippen LogP contribution in [-0.4, -0.2) is 30.4 Å². The summed E-state index contributed by atoms with van der Waals surface area (Å²) in [6.07, 6.45) is 1.37. The molecule has 0 fully saturated rings. The fourth-order valence-electron chi connectivity index (χ4n) is 2.56. The van der Waals surface area contributed by atoms with Crippen molar-refractivity contribution in [2.24, 2.45) is 10.9 Å². The summed E-state index contributed by atoms with van der Waals surface area (Å²) in [5.74, 6) is -1.75. The van der Waals surface area contributed by atoms with E-state index in [1.54, 1.807) is 55.5 Å². The second-order valence-corrected chi connectivity index (χ2v) is 5.30. The van der Waals surface area contributed by atoms with Crippen LogP contribution in [0.25, 0.3) is 0 Å². The first-order chi connectivity index (χ1) is 11.6. The van der Waals surface area contributed by atoms with Gasteiger partial charge in [0.1, 0.15) is 5.92 Å². The highest BCUT2D eigenvalue weighted by Gasteiger charge is 2.36. The number of carbonyl (C=O) groups is 3. The SMILES string of the molecule is CCOC(=O)c1ccc(N=CC2C(=O)c3ccccc3C2=O)cc1. The van der Waals surface area contributed by atoms with Crippen LogP contribution in [0.1, 0.15) is 38.0 Å². The molecule has 2 aromatic carbocycles. The van der Waals surface area contributed by atoms with Gasteiger partial charge in [-0.1, -0.05) is 24.3 Å². The van der Waals surface area contributed by atoms with Crippen LogP contribution in [0.15, 0.2) is 53.5 Å². The minimum atomic E-state index is -0.882. The molecule has 0 N–H and O–H groups in total. The third-order valence-electron chi connectivity index (χ3n) is 3.77. The molecule has 120 valence electrons. The second-order valence-electron chi connectivity index (χ2n) is 5.30. The van der Waals surface area contributed by atoms with Gasteiger partial charge < -0.3 is 4.74 Å². The van der Waals surface area contributed by atoms with Gasteiger partial charge in [-0.3, -0.25) is 14.6 Å². The van der Waals surface area contributed by atoms with Gasteiger partial charge >= 0.3 is 5.97 Å². The van der Waals surface area contributed by atoms with E-state index >= 15 is 0 Å². The Morgan fingerprint density at radius 1 is 1.04 bits per heavy atom. The van der Waals surface area contributed by atoms with E-state index in [4.69, 9.17) is 4.74 Å². The molecule has 0 unspecified atom stereocenters. The largest absolute Gasteiger partial charge is 0.462 e. The minimum absolute atomic E-state index is 0.234. The van der Waals surface area contributed by atoms with Crippen molar-refractivity contribution in [1.82, 2.24) is 0 Å². The summed E-state index contributed by atoms with van der Waals surface area (Å²) >= 11 is 0. The first-order valence-electron chi connectivity index (χ1n) is 7.60. The molecule has 1 aliphatic rings. The van der Waals surface area contributed by atoms with Crippen LogP contribution in [0.3, 0.4) is 0 Å². The predicted octanol–water partition coefficient (Wildman–Crippen LogP) is 3.26. The number of Topliss-reactive ketones (excluding diaryl/α,β-unsaturated/α-hetero) is 2. The van der Waals surface area contributed by atoms with Crippen molar-refractivity contribution in [3.8, 4) is 0 Å². The first kappa shape index (κ1) is 15.8. The lowest BCUT2D eigenvalue weighted by Crippen LogP contribution is -2.16. The van der Waals surface area contributed by atoms with Crippen LogP contribution in [-0.2, 0) is 4.74 Å². The Morgan fingerprint density at radius 2 is 1.62 bits per heavy atom. The number of fused-ring (bicyclic) bond motifs is 1. The number of esters is 1. The van der Waals surface area contributed by atoms with E-state index < -0.39 is 11.9 Å². The molecule has 24 heavy (non-hydrogen) atoms. The maximum absolute atomic E-state index is 12.3. The average molecular weight is 321 g/mol. The van der Waals surface area contributed by atoms with Crippen LogP contribution in [0, 0.1) is 5.92 Å². The molecule has 0 saturated heterocycles. The van der Waals surface area contributed by atoms with Gasteiger partial charge in [-0.05, 0) is 31.2 Å². The van der Waals surface area contributed by atoms with Crippen LogP contribution >= 0.6 is 0 Å². The highest BCUT2D eigenvalue weighted by Crippen LogP contribution is 2.26. The number of rotatable bonds is 4. The quantitative estimate of drug-likeness (QED) is 0.492. The number of ether oxygens (including phenoxy) is 1. The summed E-state index contributed by atoms with van der Waals surface area (Å²) in [5.41, 5.74) is 1.86. The van der Waals surface area contributed by atoms with Crippen molar-refractivity contribution in [2.75, 3.05) is 6.61 Å². The van der Waals surface area contributed by atoms with Gasteiger partial charge in [0, 0.05) is 17.3 Å². The number of aliphatic imine (C=N–C) groups is 1. The van der Waals surface area contributed by atoms with Gasteiger partial charge in [0.2, 0.25) is 0 Å². The Labute approximate surface area is 139 Å². The molecule has 0 bridgehead atoms. The normalized spacial score (nSPS) is 14.2. The number of benzene rings is 2. The Balaban J connectivity index is 1.76. The van der Waals surface area contributed by atoms with Gasteiger partial charge in [-0.2, -0.15) is 0 Å². The topological polar surface area (TPSA) is 72.8 Å². The van der Waals surface area contributed by atoms with E-state index in [1.165, 1.54) is 6.21 Å². The number of hydrogen-bond acceptors (Lipinski definition) is 5. The third-order valence-corrected chi connectivity index (χ3v) is 3.77. The van der Waals surface area contributed by atoms with Gasteiger partial charge in [0.15, 0.2) is 11.6 Å². The standard InChI is InChI=1S/C19H15NO4/c1-2-24-19(23)12-7-9-13(10-8-12)20-11-16-17(21)14-5-3-4-6-15(14)18(16)22/h3-11,16H,2H2,1H3. The molecule has 0 spiro atoms. The average Bonchev–Trinajstić information content (AvgIpc) is 2.85. The van der Waals surface area contributed by atoms with Crippen molar-refractivity contribution in [3.05, 3.63) is 65.2 Å². The summed E-state index contributed by atoms with van der Waals surface area (Å²) in [5, 5.41) is 0. The molecular formula is C19H15NO4. The molecule has 5 nitrogen and oxygen atoms in total. The van der Waals surface area contributed by atoms with Crippen molar-refractivity contribution in [1.29, 1.82) is 0 Å². The molecule has 0 amide bonds. The van der Waals surface area contributed by atoms with Crippen molar-refractivity contribution < 1.29 is 19.1 Å². The van der Waals surface area contributed by atoms with E-state index in [2.05, 4.69) is 4.99 Å². The maximum atomic E-state index is 12.3. The van der Waals surface area contributed by atoms with Crippen molar-refractivity contribution in [2.45, 2.75) is 6.92 Å². The summed E-state index contributed by atoms with van der Waals surface area (Å²) in [6.45, 7) is 2.05. The van der Waals surface area contributed by atoms with Gasteiger partial charge in [-0.15, -0.1) is 0 Å². The third kappa shape index (κ3) is 2.88. The van der Waals surface area contributed by atoms with E-state index in [0.717, 1.165) is 0 Å². The highest BCUT2D eigenvalue weighted by atomic mass is 16.5. The Hall–Kier alpha value is -3.08. The molecular weight excluding hydrogens is 306 g/mol. The fraction of sp³-hybridized carbons (Fsp3) is 0.158. The van der Waals surface area contributed by atoms with E-state index in [9.17, 15) is 14.4 Å². The summed E-state index contributed by atoms with van der Waals surface area (Å²) in [6, 6.07) is 13.2. The summed E-state index contributed by atoms with van der Waals surface area (Å²) in [7, 11) is 0. The Bertz CT molecular complexity index is 802. The molecule has 0 aromatic heterocycles. The minimum Gasteiger partial charge on any atom is -0.462 e. The number of hydrogen-bond donors (Lipinski definition) is 0. The molecule has 0 saturated carbocycles. The van der Waals surface area contributed by atoms with Gasteiger partial charge in [-0.25, -0.2) is 4.79 Å². The first-order valence-corrected chi connectivity index (χ1v) is 7.60. The Morgan fingerprint density at radius 3 is 2.17 bits per heavy atom. The fourth-order valence-corrected chi connectivity index (χ4v) is 2.56. The lowest BCUT2D eigenvalue weighted by molar-refractivity contribution is 0.0526. The van der Waals surface area contributed by atoms with Crippen LogP contribution < -0.4 is 0 Å². The number of ketones is 2. The summed E-state index contributed by atoms with van der Waals surface area (Å²) < 4.78 is 4.91. The van der Waals surface area contributed by atoms with Crippen molar-refractivity contribution >= 4 is 29.4 Å². The second kappa shape index (κ2) is 6.58. The van der Waals surface area contributed by atoms with E-state index in [0.29, 0.717) is 29.0 Å². The monoisotopic (exact) mass is 321 g/mol. The maximum Gasteiger partial charge on any atom is 0.338 e. The van der Waals surface area contributed by atoms with Gasteiger partial charge in [0.05, 0.1) is 17.9 Å². The number of carbonyl (C=O) groups excluding carboxylic acids is 3.